The van der Waals surface area contributed by atoms with Crippen molar-refractivity contribution in [3.63, 3.8) is 0 Å². The maximum absolute atomic E-state index is 12.6. The molecule has 1 aromatic rings. The molecule has 1 heterocycles. The fourth-order valence-electron chi connectivity index (χ4n) is 3.11. The Morgan fingerprint density at radius 1 is 1.32 bits per heavy atom. The number of carboxylic acid groups (broad SMARTS) is 1. The van der Waals surface area contributed by atoms with Crippen molar-refractivity contribution in [3.8, 4) is 0 Å². The van der Waals surface area contributed by atoms with Gasteiger partial charge in [-0.05, 0) is 38.7 Å². The third-order valence-electron chi connectivity index (χ3n) is 4.20. The number of hydrogen-bond donors (Lipinski definition) is 1. The van der Waals surface area contributed by atoms with E-state index in [1.807, 2.05) is 19.9 Å². The number of aliphatic carboxylic acids is 1. The highest BCUT2D eigenvalue weighted by molar-refractivity contribution is 7.12. The summed E-state index contributed by atoms with van der Waals surface area (Å²) in [5.41, 5.74) is 0.732. The zero-order chi connectivity index (χ0) is 14.2. The van der Waals surface area contributed by atoms with Gasteiger partial charge in [0.25, 0.3) is 0 Å². The lowest BCUT2D eigenvalue weighted by atomic mass is 9.88. The van der Waals surface area contributed by atoms with E-state index in [1.165, 1.54) is 0 Å². The first-order chi connectivity index (χ1) is 8.93. The minimum atomic E-state index is -0.820. The smallest absolute Gasteiger partial charge is 0.307 e. The molecule has 1 fully saturated rings. The van der Waals surface area contributed by atoms with Crippen molar-refractivity contribution >= 4 is 23.1 Å². The number of carboxylic acids is 1. The van der Waals surface area contributed by atoms with Gasteiger partial charge in [0.2, 0.25) is 0 Å². The summed E-state index contributed by atoms with van der Waals surface area (Å²) in [6.45, 7) is 5.98. The Labute approximate surface area is 117 Å². The number of hydrogen-bond acceptors (Lipinski definition) is 3. The lowest BCUT2D eigenvalue weighted by Crippen LogP contribution is -2.25. The first-order valence-electron chi connectivity index (χ1n) is 6.78. The fourth-order valence-corrected chi connectivity index (χ4v) is 4.04. The van der Waals surface area contributed by atoms with Crippen LogP contribution in [0.2, 0.25) is 0 Å². The van der Waals surface area contributed by atoms with Gasteiger partial charge in [-0.1, -0.05) is 13.3 Å². The Morgan fingerprint density at radius 2 is 1.95 bits per heavy atom. The van der Waals surface area contributed by atoms with Crippen molar-refractivity contribution in [1.29, 1.82) is 0 Å². The van der Waals surface area contributed by atoms with Crippen LogP contribution in [0.5, 0.6) is 0 Å². The quantitative estimate of drug-likeness (QED) is 0.856. The molecule has 1 aromatic heterocycles. The number of carbonyl (C=O) groups is 2. The Kier molecular flexibility index (Phi) is 4.09. The average molecular weight is 280 g/mol. The van der Waals surface area contributed by atoms with Crippen LogP contribution in [0.4, 0.5) is 0 Å². The van der Waals surface area contributed by atoms with E-state index in [2.05, 4.69) is 6.92 Å². The number of aryl methyl sites for hydroxylation is 2. The first-order valence-corrected chi connectivity index (χ1v) is 7.59. The summed E-state index contributed by atoms with van der Waals surface area (Å²) < 4.78 is 0. The Balaban J connectivity index is 2.26. The SMILES string of the molecule is CCC1CC(C(=O)O)C(C(=O)c2cc(C)sc2C)C1. The van der Waals surface area contributed by atoms with E-state index >= 15 is 0 Å². The second kappa shape index (κ2) is 5.45. The third kappa shape index (κ3) is 2.73. The molecule has 1 N–H and O–H groups in total. The number of ketones is 1. The van der Waals surface area contributed by atoms with Crippen LogP contribution in [0, 0.1) is 31.6 Å². The van der Waals surface area contributed by atoms with E-state index in [1.54, 1.807) is 11.3 Å². The van der Waals surface area contributed by atoms with Crippen LogP contribution < -0.4 is 0 Å². The number of carbonyl (C=O) groups excluding carboxylic acids is 1. The number of rotatable bonds is 4. The molecule has 2 rings (SSSR count). The molecule has 0 aromatic carbocycles. The Bertz CT molecular complexity index is 503. The molecule has 3 atom stereocenters. The largest absolute Gasteiger partial charge is 0.481 e. The minimum Gasteiger partial charge on any atom is -0.481 e. The molecule has 1 saturated carbocycles. The molecule has 0 amide bonds. The number of Topliss-reactive ketones (excluding diaryl/α,β-unsaturated/α-hetero) is 1. The van der Waals surface area contributed by atoms with Crippen molar-refractivity contribution in [2.75, 3.05) is 0 Å². The van der Waals surface area contributed by atoms with Gasteiger partial charge >= 0.3 is 5.97 Å². The summed E-state index contributed by atoms with van der Waals surface area (Å²) in [5, 5.41) is 9.32. The van der Waals surface area contributed by atoms with Gasteiger partial charge < -0.3 is 5.11 Å². The highest BCUT2D eigenvalue weighted by Crippen LogP contribution is 2.41. The average Bonchev–Trinajstić information content (AvgIpc) is 2.91. The fraction of sp³-hybridized carbons (Fsp3) is 0.600. The second-order valence-electron chi connectivity index (χ2n) is 5.49. The summed E-state index contributed by atoms with van der Waals surface area (Å²) in [6.07, 6.45) is 2.32. The summed E-state index contributed by atoms with van der Waals surface area (Å²) in [7, 11) is 0. The van der Waals surface area contributed by atoms with Gasteiger partial charge in [-0.3, -0.25) is 9.59 Å². The molecule has 4 heteroatoms. The third-order valence-corrected chi connectivity index (χ3v) is 5.16. The Hall–Kier alpha value is -1.16. The van der Waals surface area contributed by atoms with Crippen molar-refractivity contribution in [2.45, 2.75) is 40.0 Å². The molecule has 0 aliphatic heterocycles. The first kappa shape index (κ1) is 14.3. The predicted molar refractivity (Wildman–Crippen MR) is 75.8 cm³/mol. The van der Waals surface area contributed by atoms with Crippen LogP contribution in [0.15, 0.2) is 6.07 Å². The Morgan fingerprint density at radius 3 is 2.42 bits per heavy atom. The molecule has 3 unspecified atom stereocenters. The normalized spacial score (nSPS) is 26.6. The molecule has 0 spiro atoms. The number of thiophene rings is 1. The molecule has 0 radical (unpaired) electrons. The van der Waals surface area contributed by atoms with Crippen LogP contribution in [-0.2, 0) is 4.79 Å². The van der Waals surface area contributed by atoms with Gasteiger partial charge in [0.15, 0.2) is 5.78 Å². The highest BCUT2D eigenvalue weighted by atomic mass is 32.1. The van der Waals surface area contributed by atoms with Crippen LogP contribution in [0.1, 0.15) is 46.3 Å². The van der Waals surface area contributed by atoms with Gasteiger partial charge in [0, 0.05) is 21.2 Å². The molecule has 0 saturated heterocycles. The van der Waals surface area contributed by atoms with E-state index in [4.69, 9.17) is 0 Å². The standard InChI is InChI=1S/C15H20O3S/c1-4-10-6-12(13(7-10)15(17)18)14(16)11-5-8(2)19-9(11)3/h5,10,12-13H,4,6-7H2,1-3H3,(H,17,18). The zero-order valence-electron chi connectivity index (χ0n) is 11.6. The highest BCUT2D eigenvalue weighted by Gasteiger charge is 2.42. The summed E-state index contributed by atoms with van der Waals surface area (Å²) in [4.78, 5) is 26.1. The minimum absolute atomic E-state index is 0.0326. The van der Waals surface area contributed by atoms with Crippen LogP contribution in [-0.4, -0.2) is 16.9 Å². The maximum Gasteiger partial charge on any atom is 0.307 e. The van der Waals surface area contributed by atoms with E-state index in [0.717, 1.165) is 28.2 Å². The second-order valence-corrected chi connectivity index (χ2v) is 6.95. The summed E-state index contributed by atoms with van der Waals surface area (Å²) in [5.74, 6) is -1.26. The predicted octanol–water partition coefficient (Wildman–Crippen LogP) is 3.68. The molecular formula is C15H20O3S. The van der Waals surface area contributed by atoms with Crippen molar-refractivity contribution in [2.24, 2.45) is 17.8 Å². The maximum atomic E-state index is 12.6. The molecular weight excluding hydrogens is 260 g/mol. The van der Waals surface area contributed by atoms with E-state index in [-0.39, 0.29) is 11.7 Å². The van der Waals surface area contributed by atoms with Gasteiger partial charge in [-0.25, -0.2) is 0 Å². The van der Waals surface area contributed by atoms with Crippen LogP contribution in [0.25, 0.3) is 0 Å². The van der Waals surface area contributed by atoms with Crippen molar-refractivity contribution in [3.05, 3.63) is 21.4 Å². The topological polar surface area (TPSA) is 54.4 Å². The molecule has 19 heavy (non-hydrogen) atoms. The van der Waals surface area contributed by atoms with Gasteiger partial charge in [0.1, 0.15) is 0 Å². The lowest BCUT2D eigenvalue weighted by molar-refractivity contribution is -0.142. The lowest BCUT2D eigenvalue weighted by Gasteiger charge is -2.14. The summed E-state index contributed by atoms with van der Waals surface area (Å²) in [6, 6.07) is 1.90. The summed E-state index contributed by atoms with van der Waals surface area (Å²) >= 11 is 1.60. The monoisotopic (exact) mass is 280 g/mol. The van der Waals surface area contributed by atoms with Crippen LogP contribution >= 0.6 is 11.3 Å². The molecule has 0 bridgehead atoms. The van der Waals surface area contributed by atoms with Crippen LogP contribution in [0.3, 0.4) is 0 Å². The zero-order valence-corrected chi connectivity index (χ0v) is 12.4. The van der Waals surface area contributed by atoms with Gasteiger partial charge in [-0.15, -0.1) is 11.3 Å². The van der Waals surface area contributed by atoms with Gasteiger partial charge in [0.05, 0.1) is 5.92 Å². The molecule has 1 aliphatic carbocycles. The molecule has 3 nitrogen and oxygen atoms in total. The van der Waals surface area contributed by atoms with E-state index in [9.17, 15) is 14.7 Å². The van der Waals surface area contributed by atoms with Gasteiger partial charge in [-0.2, -0.15) is 0 Å². The van der Waals surface area contributed by atoms with E-state index < -0.39 is 11.9 Å². The van der Waals surface area contributed by atoms with Crippen molar-refractivity contribution < 1.29 is 14.7 Å². The molecule has 1 aliphatic rings. The van der Waals surface area contributed by atoms with Crippen molar-refractivity contribution in [1.82, 2.24) is 0 Å². The van der Waals surface area contributed by atoms with E-state index in [0.29, 0.717) is 12.3 Å². The molecule has 104 valence electrons.